The Morgan fingerprint density at radius 2 is 1.85 bits per heavy atom. The molecule has 1 heterocycles. The molecule has 0 spiro atoms. The Labute approximate surface area is 121 Å². The minimum Gasteiger partial charge on any atom is -0.264 e. The van der Waals surface area contributed by atoms with Crippen LogP contribution >= 0.6 is 0 Å². The predicted molar refractivity (Wildman–Crippen MR) is 77.6 cm³/mol. The van der Waals surface area contributed by atoms with E-state index in [-0.39, 0.29) is 5.92 Å². The lowest BCUT2D eigenvalue weighted by Crippen LogP contribution is -2.47. The molecule has 1 unspecified atom stereocenters. The smallest absolute Gasteiger partial charge is 0.0662 e. The van der Waals surface area contributed by atoms with Crippen molar-refractivity contribution in [2.75, 3.05) is 0 Å². The molecule has 2 heteroatoms. The van der Waals surface area contributed by atoms with Crippen LogP contribution < -0.4 is 0 Å². The molecule has 1 aromatic rings. The molecule has 4 saturated carbocycles. The summed E-state index contributed by atoms with van der Waals surface area (Å²) < 4.78 is 0. The summed E-state index contributed by atoms with van der Waals surface area (Å²) in [7, 11) is 0. The molecule has 2 nitrogen and oxygen atoms in total. The van der Waals surface area contributed by atoms with Gasteiger partial charge in [0.2, 0.25) is 0 Å². The van der Waals surface area contributed by atoms with Gasteiger partial charge in [-0.05, 0) is 79.7 Å². The van der Waals surface area contributed by atoms with Gasteiger partial charge in [-0.2, -0.15) is 5.26 Å². The van der Waals surface area contributed by atoms with Crippen molar-refractivity contribution in [1.82, 2.24) is 4.98 Å². The fourth-order valence-corrected chi connectivity index (χ4v) is 5.66. The van der Waals surface area contributed by atoms with E-state index in [0.717, 1.165) is 30.1 Å². The summed E-state index contributed by atoms with van der Waals surface area (Å²) in [5.41, 5.74) is 1.23. The first-order valence-corrected chi connectivity index (χ1v) is 8.12. The van der Waals surface area contributed by atoms with E-state index in [4.69, 9.17) is 0 Å². The average molecular weight is 266 g/mol. The molecule has 4 aliphatic carbocycles. The summed E-state index contributed by atoms with van der Waals surface area (Å²) in [5, 5.41) is 9.70. The molecule has 4 aliphatic rings. The van der Waals surface area contributed by atoms with Gasteiger partial charge in [-0.3, -0.25) is 4.98 Å². The third-order valence-corrected chi connectivity index (χ3v) is 6.11. The largest absolute Gasteiger partial charge is 0.264 e. The standard InChI is InChI=1S/C18H22N2/c19-10-17(5-12-2-1-3-20-11-12)18-15-6-13-4-14(8-15)9-16(18)7-13/h1-3,11,13-18H,4-9H2. The van der Waals surface area contributed by atoms with Crippen molar-refractivity contribution in [3.05, 3.63) is 30.1 Å². The van der Waals surface area contributed by atoms with E-state index >= 15 is 0 Å². The van der Waals surface area contributed by atoms with Crippen LogP contribution in [0.2, 0.25) is 0 Å². The van der Waals surface area contributed by atoms with Gasteiger partial charge in [0.15, 0.2) is 0 Å². The highest BCUT2D eigenvalue weighted by Crippen LogP contribution is 2.58. The van der Waals surface area contributed by atoms with Crippen molar-refractivity contribution < 1.29 is 0 Å². The van der Waals surface area contributed by atoms with E-state index in [2.05, 4.69) is 17.1 Å². The Morgan fingerprint density at radius 1 is 1.15 bits per heavy atom. The summed E-state index contributed by atoms with van der Waals surface area (Å²) >= 11 is 0. The van der Waals surface area contributed by atoms with Gasteiger partial charge in [-0.1, -0.05) is 6.07 Å². The van der Waals surface area contributed by atoms with Gasteiger partial charge < -0.3 is 0 Å². The molecule has 4 fully saturated rings. The monoisotopic (exact) mass is 266 g/mol. The Bertz CT molecular complexity index is 488. The summed E-state index contributed by atoms with van der Waals surface area (Å²) in [6.07, 6.45) is 11.8. The van der Waals surface area contributed by atoms with Crippen LogP contribution in [0.4, 0.5) is 0 Å². The Morgan fingerprint density at radius 3 is 2.40 bits per heavy atom. The molecule has 104 valence electrons. The fourth-order valence-electron chi connectivity index (χ4n) is 5.66. The number of rotatable bonds is 3. The zero-order chi connectivity index (χ0) is 13.5. The van der Waals surface area contributed by atoms with Crippen LogP contribution in [0.1, 0.15) is 37.7 Å². The predicted octanol–water partition coefficient (Wildman–Crippen LogP) is 3.84. The lowest BCUT2D eigenvalue weighted by molar-refractivity contribution is -0.0521. The summed E-state index contributed by atoms with van der Waals surface area (Å²) in [6.45, 7) is 0. The second-order valence-corrected chi connectivity index (χ2v) is 7.31. The van der Waals surface area contributed by atoms with E-state index < -0.39 is 0 Å². The maximum atomic E-state index is 9.70. The first-order chi connectivity index (χ1) is 9.83. The highest BCUT2D eigenvalue weighted by Gasteiger charge is 2.50. The third kappa shape index (κ3) is 2.04. The number of nitriles is 1. The molecular formula is C18H22N2. The molecule has 5 rings (SSSR count). The Balaban J connectivity index is 1.55. The normalized spacial score (nSPS) is 39.5. The Kier molecular flexibility index (Phi) is 3.02. The van der Waals surface area contributed by atoms with Crippen molar-refractivity contribution in [2.45, 2.75) is 38.5 Å². The van der Waals surface area contributed by atoms with E-state index in [1.807, 2.05) is 18.5 Å². The lowest BCUT2D eigenvalue weighted by Gasteiger charge is -2.55. The van der Waals surface area contributed by atoms with Crippen molar-refractivity contribution in [1.29, 1.82) is 5.26 Å². The van der Waals surface area contributed by atoms with Crippen LogP contribution in [0.5, 0.6) is 0 Å². The van der Waals surface area contributed by atoms with Gasteiger partial charge >= 0.3 is 0 Å². The van der Waals surface area contributed by atoms with E-state index in [1.54, 1.807) is 0 Å². The highest BCUT2D eigenvalue weighted by atomic mass is 14.6. The van der Waals surface area contributed by atoms with Crippen LogP contribution in [0.3, 0.4) is 0 Å². The van der Waals surface area contributed by atoms with Crippen LogP contribution in [-0.4, -0.2) is 4.98 Å². The molecule has 0 aliphatic heterocycles. The molecule has 0 aromatic carbocycles. The minimum atomic E-state index is 0.203. The second kappa shape index (κ2) is 4.88. The van der Waals surface area contributed by atoms with Gasteiger partial charge in [-0.15, -0.1) is 0 Å². The SMILES string of the molecule is N#CC(Cc1cccnc1)C1C2CC3CC(C2)CC1C3. The first-order valence-electron chi connectivity index (χ1n) is 8.12. The molecule has 0 N–H and O–H groups in total. The minimum absolute atomic E-state index is 0.203. The molecule has 4 bridgehead atoms. The van der Waals surface area contributed by atoms with E-state index in [9.17, 15) is 5.26 Å². The zero-order valence-electron chi connectivity index (χ0n) is 11.9. The molecule has 20 heavy (non-hydrogen) atoms. The van der Waals surface area contributed by atoms with Crippen LogP contribution in [0.15, 0.2) is 24.5 Å². The maximum Gasteiger partial charge on any atom is 0.0662 e. The van der Waals surface area contributed by atoms with Gasteiger partial charge in [0.05, 0.1) is 12.0 Å². The molecule has 0 radical (unpaired) electrons. The van der Waals surface area contributed by atoms with Gasteiger partial charge in [0.1, 0.15) is 0 Å². The van der Waals surface area contributed by atoms with Gasteiger partial charge in [0.25, 0.3) is 0 Å². The van der Waals surface area contributed by atoms with Crippen molar-refractivity contribution in [2.24, 2.45) is 35.5 Å². The zero-order valence-corrected chi connectivity index (χ0v) is 11.9. The average Bonchev–Trinajstić information content (AvgIpc) is 2.46. The molecular weight excluding hydrogens is 244 g/mol. The molecule has 0 amide bonds. The number of pyridine rings is 1. The van der Waals surface area contributed by atoms with Crippen LogP contribution in [-0.2, 0) is 6.42 Å². The Hall–Kier alpha value is -1.36. The second-order valence-electron chi connectivity index (χ2n) is 7.31. The van der Waals surface area contributed by atoms with Crippen molar-refractivity contribution in [3.8, 4) is 6.07 Å². The highest BCUT2D eigenvalue weighted by molar-refractivity contribution is 5.14. The molecule has 0 saturated heterocycles. The van der Waals surface area contributed by atoms with Gasteiger partial charge in [0, 0.05) is 12.4 Å². The molecule has 1 atom stereocenters. The third-order valence-electron chi connectivity index (χ3n) is 6.11. The quantitative estimate of drug-likeness (QED) is 0.833. The number of nitrogens with zero attached hydrogens (tertiary/aromatic N) is 2. The summed E-state index contributed by atoms with van der Waals surface area (Å²) in [6, 6.07) is 6.76. The fraction of sp³-hybridized carbons (Fsp3) is 0.667. The van der Waals surface area contributed by atoms with Crippen molar-refractivity contribution in [3.63, 3.8) is 0 Å². The van der Waals surface area contributed by atoms with Crippen LogP contribution in [0, 0.1) is 46.8 Å². The molecule has 1 aromatic heterocycles. The van der Waals surface area contributed by atoms with Crippen LogP contribution in [0.25, 0.3) is 0 Å². The van der Waals surface area contributed by atoms with Gasteiger partial charge in [-0.25, -0.2) is 0 Å². The summed E-state index contributed by atoms with van der Waals surface area (Å²) in [5.74, 6) is 4.53. The van der Waals surface area contributed by atoms with Crippen molar-refractivity contribution >= 4 is 0 Å². The van der Waals surface area contributed by atoms with E-state index in [0.29, 0.717) is 5.92 Å². The first kappa shape index (κ1) is 12.4. The van der Waals surface area contributed by atoms with E-state index in [1.165, 1.54) is 37.7 Å². The topological polar surface area (TPSA) is 36.7 Å². The maximum absolute atomic E-state index is 9.70. The summed E-state index contributed by atoms with van der Waals surface area (Å²) in [4.78, 5) is 4.20. The number of aromatic nitrogens is 1. The number of hydrogen-bond acceptors (Lipinski definition) is 2. The number of hydrogen-bond donors (Lipinski definition) is 0. The lowest BCUT2D eigenvalue weighted by atomic mass is 9.49.